The Kier molecular flexibility index (Phi) is 3.79. The monoisotopic (exact) mass is 294 g/mol. The number of fused-ring (bicyclic) bond motifs is 1. The van der Waals surface area contributed by atoms with Crippen LogP contribution in [-0.2, 0) is 0 Å². The number of aromatic nitrogens is 1. The zero-order chi connectivity index (χ0) is 14.7. The second-order valence-corrected chi connectivity index (χ2v) is 4.98. The van der Waals surface area contributed by atoms with Gasteiger partial charge >= 0.3 is 0 Å². The van der Waals surface area contributed by atoms with Gasteiger partial charge in [0, 0.05) is 23.2 Å². The molecule has 0 saturated heterocycles. The summed E-state index contributed by atoms with van der Waals surface area (Å²) in [6, 6.07) is 17.6. The van der Waals surface area contributed by atoms with E-state index in [4.69, 9.17) is 17.0 Å². The predicted molar refractivity (Wildman–Crippen MR) is 90.1 cm³/mol. The van der Waals surface area contributed by atoms with Crippen molar-refractivity contribution in [3.63, 3.8) is 0 Å². The summed E-state index contributed by atoms with van der Waals surface area (Å²) in [6.45, 7) is 0. The summed E-state index contributed by atoms with van der Waals surface area (Å²) >= 11 is 5.47. The van der Waals surface area contributed by atoms with Gasteiger partial charge in [-0.3, -0.25) is 4.98 Å². The first-order valence-electron chi connectivity index (χ1n) is 6.57. The maximum Gasteiger partial charge on any atom is 0.121 e. The van der Waals surface area contributed by atoms with Crippen LogP contribution >= 0.6 is 12.2 Å². The number of nitrogens with zero attached hydrogens (tertiary/aromatic N) is 1. The number of rotatable bonds is 3. The Labute approximate surface area is 128 Å². The van der Waals surface area contributed by atoms with E-state index in [-0.39, 0.29) is 0 Å². The summed E-state index contributed by atoms with van der Waals surface area (Å²) in [5, 5.41) is 4.27. The van der Waals surface area contributed by atoms with E-state index in [0.717, 1.165) is 27.9 Å². The molecule has 3 nitrogen and oxygen atoms in total. The molecule has 2 aromatic carbocycles. The van der Waals surface area contributed by atoms with Crippen LogP contribution in [0, 0.1) is 0 Å². The van der Waals surface area contributed by atoms with E-state index >= 15 is 0 Å². The summed E-state index contributed by atoms with van der Waals surface area (Å²) in [5.74, 6) is 0.772. The van der Waals surface area contributed by atoms with Crippen LogP contribution < -0.4 is 10.1 Å². The summed E-state index contributed by atoms with van der Waals surface area (Å²) in [4.78, 5) is 5.09. The topological polar surface area (TPSA) is 34.1 Å². The highest BCUT2D eigenvalue weighted by atomic mass is 32.1. The number of nitrogens with one attached hydrogen (secondary N) is 1. The fourth-order valence-electron chi connectivity index (χ4n) is 2.16. The molecule has 1 heterocycles. The molecule has 0 aliphatic rings. The summed E-state index contributed by atoms with van der Waals surface area (Å²) < 4.78 is 5.34. The average molecular weight is 294 g/mol. The van der Waals surface area contributed by atoms with Crippen molar-refractivity contribution in [1.82, 2.24) is 4.98 Å². The summed E-state index contributed by atoms with van der Waals surface area (Å²) in [5.41, 5.74) is 2.69. The van der Waals surface area contributed by atoms with Gasteiger partial charge in [0.1, 0.15) is 10.7 Å². The molecule has 0 fully saturated rings. The maximum atomic E-state index is 5.47. The number of benzene rings is 2. The van der Waals surface area contributed by atoms with Gasteiger partial charge in [0.2, 0.25) is 0 Å². The van der Waals surface area contributed by atoms with E-state index in [9.17, 15) is 0 Å². The quantitative estimate of drug-likeness (QED) is 0.740. The van der Waals surface area contributed by atoms with Gasteiger partial charge < -0.3 is 10.1 Å². The molecular formula is C17H14N2OS. The number of hydrogen-bond acceptors (Lipinski definition) is 3. The molecule has 0 radical (unpaired) electrons. The van der Waals surface area contributed by atoms with Gasteiger partial charge in [-0.2, -0.15) is 0 Å². The second-order valence-electron chi connectivity index (χ2n) is 4.57. The Morgan fingerprint density at radius 3 is 2.67 bits per heavy atom. The number of anilines is 1. The molecule has 21 heavy (non-hydrogen) atoms. The minimum atomic E-state index is 0.663. The van der Waals surface area contributed by atoms with Crippen LogP contribution in [-0.4, -0.2) is 17.1 Å². The number of pyridine rings is 1. The molecule has 3 rings (SSSR count). The lowest BCUT2D eigenvalue weighted by molar-refractivity contribution is 0.415. The molecule has 0 spiro atoms. The summed E-state index contributed by atoms with van der Waals surface area (Å²) in [6.07, 6.45) is 1.77. The molecule has 0 saturated carbocycles. The normalized spacial score (nSPS) is 10.3. The van der Waals surface area contributed by atoms with Gasteiger partial charge in [-0.1, -0.05) is 48.6 Å². The van der Waals surface area contributed by atoms with Crippen LogP contribution in [0.1, 0.15) is 5.56 Å². The molecule has 104 valence electrons. The van der Waals surface area contributed by atoms with Crippen LogP contribution in [0.2, 0.25) is 0 Å². The smallest absolute Gasteiger partial charge is 0.121 e. The molecule has 0 aliphatic heterocycles. The fourth-order valence-corrected chi connectivity index (χ4v) is 2.41. The van der Waals surface area contributed by atoms with Crippen molar-refractivity contribution in [2.45, 2.75) is 0 Å². The molecule has 0 atom stereocenters. The third-order valence-corrected chi connectivity index (χ3v) is 3.54. The van der Waals surface area contributed by atoms with Crippen LogP contribution in [0.4, 0.5) is 5.69 Å². The lowest BCUT2D eigenvalue weighted by Gasteiger charge is -2.12. The van der Waals surface area contributed by atoms with E-state index in [1.54, 1.807) is 13.3 Å². The van der Waals surface area contributed by atoms with Gasteiger partial charge in [-0.15, -0.1) is 0 Å². The van der Waals surface area contributed by atoms with Crippen molar-refractivity contribution in [1.29, 1.82) is 0 Å². The van der Waals surface area contributed by atoms with E-state index < -0.39 is 0 Å². The highest BCUT2D eigenvalue weighted by molar-refractivity contribution is 7.81. The van der Waals surface area contributed by atoms with Crippen LogP contribution in [0.25, 0.3) is 10.9 Å². The number of thiocarbonyl (C=S) groups is 1. The number of methoxy groups -OCH3 is 1. The van der Waals surface area contributed by atoms with Crippen molar-refractivity contribution in [2.24, 2.45) is 0 Å². The van der Waals surface area contributed by atoms with E-state index in [1.165, 1.54) is 0 Å². The Morgan fingerprint density at radius 2 is 1.90 bits per heavy atom. The minimum Gasteiger partial charge on any atom is -0.497 e. The highest BCUT2D eigenvalue weighted by Crippen LogP contribution is 2.28. The second kappa shape index (κ2) is 5.89. The predicted octanol–water partition coefficient (Wildman–Crippen LogP) is 4.03. The molecule has 1 aromatic heterocycles. The molecule has 0 unspecified atom stereocenters. The first-order chi connectivity index (χ1) is 10.3. The van der Waals surface area contributed by atoms with Crippen molar-refractivity contribution in [3.8, 4) is 5.75 Å². The van der Waals surface area contributed by atoms with Crippen molar-refractivity contribution in [3.05, 3.63) is 66.4 Å². The van der Waals surface area contributed by atoms with Crippen molar-refractivity contribution in [2.75, 3.05) is 12.4 Å². The van der Waals surface area contributed by atoms with Gasteiger partial charge in [-0.05, 0) is 12.1 Å². The number of ether oxygens (including phenoxy) is 1. The van der Waals surface area contributed by atoms with Crippen LogP contribution in [0.5, 0.6) is 5.75 Å². The Morgan fingerprint density at radius 1 is 1.10 bits per heavy atom. The fraction of sp³-hybridized carbons (Fsp3) is 0.0588. The largest absolute Gasteiger partial charge is 0.497 e. The third-order valence-electron chi connectivity index (χ3n) is 3.20. The van der Waals surface area contributed by atoms with Gasteiger partial charge in [0.25, 0.3) is 0 Å². The first-order valence-corrected chi connectivity index (χ1v) is 6.98. The van der Waals surface area contributed by atoms with Crippen molar-refractivity contribution >= 4 is 33.8 Å². The first kappa shape index (κ1) is 13.5. The SMILES string of the molecule is COc1cc(NC(=S)c2ccccc2)c2ncccc2c1. The van der Waals surface area contributed by atoms with E-state index in [1.807, 2.05) is 54.6 Å². The molecule has 0 bridgehead atoms. The Bertz CT molecular complexity index is 787. The van der Waals surface area contributed by atoms with Crippen LogP contribution in [0.3, 0.4) is 0 Å². The van der Waals surface area contributed by atoms with Gasteiger partial charge in [-0.25, -0.2) is 0 Å². The molecule has 1 N–H and O–H groups in total. The zero-order valence-electron chi connectivity index (χ0n) is 11.5. The van der Waals surface area contributed by atoms with Crippen LogP contribution in [0.15, 0.2) is 60.8 Å². The lowest BCUT2D eigenvalue weighted by Crippen LogP contribution is -2.11. The standard InChI is InChI=1S/C17H14N2OS/c1-20-14-10-13-8-5-9-18-16(13)15(11-14)19-17(21)12-6-3-2-4-7-12/h2-11H,1H3,(H,19,21). The van der Waals surface area contributed by atoms with E-state index in [0.29, 0.717) is 4.99 Å². The maximum absolute atomic E-state index is 5.47. The Hall–Kier alpha value is -2.46. The molecular weight excluding hydrogens is 280 g/mol. The van der Waals surface area contributed by atoms with Crippen molar-refractivity contribution < 1.29 is 4.74 Å². The molecule has 0 aliphatic carbocycles. The third kappa shape index (κ3) is 2.85. The Balaban J connectivity index is 2.02. The van der Waals surface area contributed by atoms with Gasteiger partial charge in [0.05, 0.1) is 18.3 Å². The minimum absolute atomic E-state index is 0.663. The molecule has 4 heteroatoms. The lowest BCUT2D eigenvalue weighted by atomic mass is 10.1. The average Bonchev–Trinajstić information content (AvgIpc) is 2.55. The molecule has 3 aromatic rings. The highest BCUT2D eigenvalue weighted by Gasteiger charge is 2.08. The molecule has 0 amide bonds. The zero-order valence-corrected chi connectivity index (χ0v) is 12.4. The van der Waals surface area contributed by atoms with Gasteiger partial charge in [0.15, 0.2) is 0 Å². The van der Waals surface area contributed by atoms with E-state index in [2.05, 4.69) is 10.3 Å². The number of hydrogen-bond donors (Lipinski definition) is 1. The summed E-state index contributed by atoms with van der Waals surface area (Å²) in [7, 11) is 1.65.